The molecule has 2 aliphatic rings. The fourth-order valence-electron chi connectivity index (χ4n) is 4.52. The minimum atomic E-state index is -0.145. The zero-order chi connectivity index (χ0) is 21.7. The predicted molar refractivity (Wildman–Crippen MR) is 122 cm³/mol. The van der Waals surface area contributed by atoms with Gasteiger partial charge in [-0.3, -0.25) is 19.4 Å². The summed E-state index contributed by atoms with van der Waals surface area (Å²) in [5.74, 6) is 1.26. The Labute approximate surface area is 185 Å². The Morgan fingerprint density at radius 3 is 2.53 bits per heavy atom. The van der Waals surface area contributed by atoms with Crippen LogP contribution in [0.15, 0.2) is 24.3 Å². The van der Waals surface area contributed by atoms with Gasteiger partial charge in [0.05, 0.1) is 23.3 Å². The lowest BCUT2D eigenvalue weighted by Crippen LogP contribution is -2.56. The van der Waals surface area contributed by atoms with Gasteiger partial charge in [-0.25, -0.2) is 0 Å². The molecular weight excluding hydrogens is 400 g/mol. The van der Waals surface area contributed by atoms with E-state index in [1.165, 1.54) is 12.8 Å². The molecule has 0 bridgehead atoms. The Bertz CT molecular complexity index is 736. The SMILES string of the molecule is C[C@@H]1[C@H](C)CCC[C@H]1NC(=O)[C@@H](C)N1CCN(CC(=O)Nc2ccccc2Cl)CC1. The number of benzene rings is 1. The van der Waals surface area contributed by atoms with Gasteiger partial charge in [0.15, 0.2) is 0 Å². The van der Waals surface area contributed by atoms with Crippen molar-refractivity contribution < 1.29 is 9.59 Å². The monoisotopic (exact) mass is 434 g/mol. The topological polar surface area (TPSA) is 64.7 Å². The highest BCUT2D eigenvalue weighted by Gasteiger charge is 2.31. The Morgan fingerprint density at radius 1 is 1.13 bits per heavy atom. The molecule has 1 aromatic rings. The molecule has 1 heterocycles. The van der Waals surface area contributed by atoms with Crippen LogP contribution in [0.4, 0.5) is 5.69 Å². The van der Waals surface area contributed by atoms with Gasteiger partial charge in [0, 0.05) is 32.2 Å². The zero-order valence-electron chi connectivity index (χ0n) is 18.4. The smallest absolute Gasteiger partial charge is 0.238 e. The first-order valence-corrected chi connectivity index (χ1v) is 11.5. The molecule has 6 nitrogen and oxygen atoms in total. The maximum Gasteiger partial charge on any atom is 0.238 e. The van der Waals surface area contributed by atoms with Crippen molar-refractivity contribution in [2.75, 3.05) is 38.0 Å². The lowest BCUT2D eigenvalue weighted by Gasteiger charge is -2.39. The number of piperazine rings is 1. The molecule has 2 N–H and O–H groups in total. The quantitative estimate of drug-likeness (QED) is 0.721. The number of halogens is 1. The van der Waals surface area contributed by atoms with Crippen molar-refractivity contribution in [2.45, 2.75) is 52.1 Å². The van der Waals surface area contributed by atoms with Gasteiger partial charge in [-0.05, 0) is 37.3 Å². The average Bonchev–Trinajstić information content (AvgIpc) is 2.73. The third-order valence-electron chi connectivity index (χ3n) is 6.88. The van der Waals surface area contributed by atoms with Crippen LogP contribution in [0.5, 0.6) is 0 Å². The third-order valence-corrected chi connectivity index (χ3v) is 7.21. The Kier molecular flexibility index (Phi) is 8.14. The summed E-state index contributed by atoms with van der Waals surface area (Å²) in [5, 5.41) is 6.71. The van der Waals surface area contributed by atoms with E-state index in [2.05, 4.69) is 34.3 Å². The minimum Gasteiger partial charge on any atom is -0.352 e. The van der Waals surface area contributed by atoms with Crippen molar-refractivity contribution in [2.24, 2.45) is 11.8 Å². The number of para-hydroxylation sites is 1. The molecule has 0 spiro atoms. The van der Waals surface area contributed by atoms with E-state index in [0.29, 0.717) is 35.1 Å². The molecular formula is C23H35ClN4O2. The first kappa shape index (κ1) is 23.0. The molecule has 1 aliphatic heterocycles. The molecule has 7 heteroatoms. The molecule has 30 heavy (non-hydrogen) atoms. The van der Waals surface area contributed by atoms with E-state index >= 15 is 0 Å². The molecule has 2 fully saturated rings. The number of anilines is 1. The number of carbonyl (C=O) groups excluding carboxylic acids is 2. The van der Waals surface area contributed by atoms with Crippen LogP contribution in [0.2, 0.25) is 5.02 Å². The molecule has 1 saturated heterocycles. The van der Waals surface area contributed by atoms with Crippen molar-refractivity contribution >= 4 is 29.1 Å². The number of hydrogen-bond donors (Lipinski definition) is 2. The van der Waals surface area contributed by atoms with Crippen LogP contribution in [0.25, 0.3) is 0 Å². The van der Waals surface area contributed by atoms with E-state index in [1.54, 1.807) is 12.1 Å². The second-order valence-corrected chi connectivity index (χ2v) is 9.31. The van der Waals surface area contributed by atoms with Crippen LogP contribution >= 0.6 is 11.6 Å². The molecule has 4 atom stereocenters. The van der Waals surface area contributed by atoms with Gasteiger partial charge in [-0.1, -0.05) is 50.4 Å². The maximum atomic E-state index is 12.8. The van der Waals surface area contributed by atoms with E-state index in [-0.39, 0.29) is 17.9 Å². The lowest BCUT2D eigenvalue weighted by atomic mass is 9.78. The van der Waals surface area contributed by atoms with Gasteiger partial charge in [-0.15, -0.1) is 0 Å². The Balaban J connectivity index is 1.42. The summed E-state index contributed by atoms with van der Waals surface area (Å²) in [7, 11) is 0. The van der Waals surface area contributed by atoms with Crippen LogP contribution < -0.4 is 10.6 Å². The summed E-state index contributed by atoms with van der Waals surface area (Å²) < 4.78 is 0. The van der Waals surface area contributed by atoms with Crippen LogP contribution in [0.1, 0.15) is 40.0 Å². The van der Waals surface area contributed by atoms with E-state index in [0.717, 1.165) is 32.6 Å². The molecule has 3 rings (SSSR count). The van der Waals surface area contributed by atoms with Crippen LogP contribution in [0, 0.1) is 11.8 Å². The van der Waals surface area contributed by atoms with Gasteiger partial charge in [0.25, 0.3) is 0 Å². The van der Waals surface area contributed by atoms with Gasteiger partial charge < -0.3 is 10.6 Å². The van der Waals surface area contributed by atoms with Crippen molar-refractivity contribution in [3.05, 3.63) is 29.3 Å². The highest BCUT2D eigenvalue weighted by atomic mass is 35.5. The lowest BCUT2D eigenvalue weighted by molar-refractivity contribution is -0.128. The number of carbonyl (C=O) groups is 2. The summed E-state index contributed by atoms with van der Waals surface area (Å²) in [6, 6.07) is 7.39. The van der Waals surface area contributed by atoms with Gasteiger partial charge >= 0.3 is 0 Å². The molecule has 1 saturated carbocycles. The fraction of sp³-hybridized carbons (Fsp3) is 0.652. The summed E-state index contributed by atoms with van der Waals surface area (Å²) in [4.78, 5) is 29.5. The summed E-state index contributed by atoms with van der Waals surface area (Å²) >= 11 is 6.11. The number of hydrogen-bond acceptors (Lipinski definition) is 4. The van der Waals surface area contributed by atoms with E-state index in [9.17, 15) is 9.59 Å². The van der Waals surface area contributed by atoms with E-state index in [4.69, 9.17) is 11.6 Å². The number of rotatable bonds is 6. The minimum absolute atomic E-state index is 0.0669. The highest BCUT2D eigenvalue weighted by Crippen LogP contribution is 2.29. The van der Waals surface area contributed by atoms with Crippen molar-refractivity contribution in [3.63, 3.8) is 0 Å². The molecule has 1 aliphatic carbocycles. The van der Waals surface area contributed by atoms with Crippen molar-refractivity contribution in [3.8, 4) is 0 Å². The summed E-state index contributed by atoms with van der Waals surface area (Å²) in [6.07, 6.45) is 3.53. The molecule has 0 radical (unpaired) electrons. The van der Waals surface area contributed by atoms with Crippen LogP contribution in [0.3, 0.4) is 0 Å². The number of nitrogens with zero attached hydrogens (tertiary/aromatic N) is 2. The van der Waals surface area contributed by atoms with Crippen molar-refractivity contribution in [1.29, 1.82) is 0 Å². The second-order valence-electron chi connectivity index (χ2n) is 8.90. The fourth-order valence-corrected chi connectivity index (χ4v) is 4.70. The molecule has 2 amide bonds. The third kappa shape index (κ3) is 5.96. The van der Waals surface area contributed by atoms with E-state index in [1.807, 2.05) is 19.1 Å². The first-order chi connectivity index (χ1) is 14.3. The number of nitrogens with one attached hydrogen (secondary N) is 2. The normalized spacial score (nSPS) is 26.7. The van der Waals surface area contributed by atoms with Gasteiger partial charge in [0.1, 0.15) is 0 Å². The van der Waals surface area contributed by atoms with Crippen LogP contribution in [-0.4, -0.2) is 66.4 Å². The number of amides is 2. The average molecular weight is 435 g/mol. The van der Waals surface area contributed by atoms with E-state index < -0.39 is 0 Å². The molecule has 0 unspecified atom stereocenters. The predicted octanol–water partition coefficient (Wildman–Crippen LogP) is 3.23. The van der Waals surface area contributed by atoms with Gasteiger partial charge in [-0.2, -0.15) is 0 Å². The molecule has 0 aromatic heterocycles. The second kappa shape index (κ2) is 10.6. The van der Waals surface area contributed by atoms with Crippen LogP contribution in [-0.2, 0) is 9.59 Å². The summed E-state index contributed by atoms with van der Waals surface area (Å²) in [6.45, 7) is 9.96. The zero-order valence-corrected chi connectivity index (χ0v) is 19.1. The Morgan fingerprint density at radius 2 is 1.83 bits per heavy atom. The van der Waals surface area contributed by atoms with Crippen molar-refractivity contribution in [1.82, 2.24) is 15.1 Å². The largest absolute Gasteiger partial charge is 0.352 e. The molecule has 166 valence electrons. The first-order valence-electron chi connectivity index (χ1n) is 11.2. The summed E-state index contributed by atoms with van der Waals surface area (Å²) in [5.41, 5.74) is 0.638. The Hall–Kier alpha value is -1.63. The van der Waals surface area contributed by atoms with Gasteiger partial charge in [0.2, 0.25) is 11.8 Å². The maximum absolute atomic E-state index is 12.8. The highest BCUT2D eigenvalue weighted by molar-refractivity contribution is 6.33. The standard InChI is InChI=1S/C23H35ClN4O2/c1-16-7-6-10-20(17(16)2)26-23(30)18(3)28-13-11-27(12-14-28)15-22(29)25-21-9-5-4-8-19(21)24/h4-5,8-9,16-18,20H,6-7,10-15H2,1-3H3,(H,25,29)(H,26,30)/t16-,17-,18-,20-/m1/s1. The molecule has 1 aromatic carbocycles.